The van der Waals surface area contributed by atoms with Crippen LogP contribution in [-0.4, -0.2) is 42.0 Å². The Labute approximate surface area is 112 Å². The maximum atomic E-state index is 11.8. The Kier molecular flexibility index (Phi) is 5.13. The minimum absolute atomic E-state index is 0.300. The SMILES string of the molecule is Cc1ncsc1CCNCCC(=O)N1CCCC1. The molecule has 0 spiro atoms. The Balaban J connectivity index is 1.56. The van der Waals surface area contributed by atoms with E-state index in [1.54, 1.807) is 11.3 Å². The van der Waals surface area contributed by atoms with Crippen molar-refractivity contribution in [3.05, 3.63) is 16.1 Å². The second-order valence-corrected chi connectivity index (χ2v) is 5.64. The van der Waals surface area contributed by atoms with E-state index in [-0.39, 0.29) is 0 Å². The first-order valence-electron chi connectivity index (χ1n) is 6.65. The van der Waals surface area contributed by atoms with Crippen molar-refractivity contribution in [2.24, 2.45) is 0 Å². The molecule has 1 amide bonds. The summed E-state index contributed by atoms with van der Waals surface area (Å²) in [5.41, 5.74) is 3.02. The van der Waals surface area contributed by atoms with Gasteiger partial charge in [-0.1, -0.05) is 0 Å². The smallest absolute Gasteiger partial charge is 0.223 e. The number of hydrogen-bond donors (Lipinski definition) is 1. The van der Waals surface area contributed by atoms with Crippen LogP contribution < -0.4 is 5.32 Å². The fourth-order valence-corrected chi connectivity index (χ4v) is 2.99. The van der Waals surface area contributed by atoms with E-state index >= 15 is 0 Å². The minimum atomic E-state index is 0.300. The molecule has 0 unspecified atom stereocenters. The molecule has 18 heavy (non-hydrogen) atoms. The highest BCUT2D eigenvalue weighted by Gasteiger charge is 2.16. The fraction of sp³-hybridized carbons (Fsp3) is 0.692. The number of carbonyl (C=O) groups is 1. The number of hydrogen-bond acceptors (Lipinski definition) is 4. The normalized spacial score (nSPS) is 15.3. The molecule has 5 heteroatoms. The van der Waals surface area contributed by atoms with Gasteiger partial charge >= 0.3 is 0 Å². The highest BCUT2D eigenvalue weighted by atomic mass is 32.1. The van der Waals surface area contributed by atoms with E-state index in [1.807, 2.05) is 17.3 Å². The lowest BCUT2D eigenvalue weighted by Crippen LogP contribution is -2.31. The van der Waals surface area contributed by atoms with Crippen LogP contribution in [0.3, 0.4) is 0 Å². The van der Waals surface area contributed by atoms with Gasteiger partial charge in [0.25, 0.3) is 0 Å². The number of carbonyl (C=O) groups excluding carboxylic acids is 1. The van der Waals surface area contributed by atoms with Gasteiger partial charge in [0, 0.05) is 37.5 Å². The van der Waals surface area contributed by atoms with E-state index in [0.717, 1.165) is 38.3 Å². The Morgan fingerprint density at radius 2 is 2.22 bits per heavy atom. The molecule has 1 aromatic rings. The van der Waals surface area contributed by atoms with Crippen LogP contribution in [0.2, 0.25) is 0 Å². The van der Waals surface area contributed by atoms with Crippen molar-refractivity contribution in [1.29, 1.82) is 0 Å². The number of rotatable bonds is 6. The van der Waals surface area contributed by atoms with Gasteiger partial charge in [-0.15, -0.1) is 11.3 Å². The third-order valence-corrected chi connectivity index (χ3v) is 4.34. The molecule has 0 bridgehead atoms. The molecule has 0 aromatic carbocycles. The Bertz CT molecular complexity index is 385. The molecule has 2 rings (SSSR count). The van der Waals surface area contributed by atoms with Crippen molar-refractivity contribution in [2.45, 2.75) is 32.6 Å². The standard InChI is InChI=1S/C13H21N3OS/c1-11-12(18-10-15-11)4-6-14-7-5-13(17)16-8-2-3-9-16/h10,14H,2-9H2,1H3. The van der Waals surface area contributed by atoms with Gasteiger partial charge < -0.3 is 10.2 Å². The number of thiazole rings is 1. The summed E-state index contributed by atoms with van der Waals surface area (Å²) in [5, 5.41) is 3.34. The predicted molar refractivity (Wildman–Crippen MR) is 73.9 cm³/mol. The zero-order valence-electron chi connectivity index (χ0n) is 10.9. The highest BCUT2D eigenvalue weighted by Crippen LogP contribution is 2.12. The Hall–Kier alpha value is -0.940. The lowest BCUT2D eigenvalue weighted by Gasteiger charge is -2.15. The molecule has 1 N–H and O–H groups in total. The van der Waals surface area contributed by atoms with E-state index < -0.39 is 0 Å². The van der Waals surface area contributed by atoms with E-state index in [9.17, 15) is 4.79 Å². The van der Waals surface area contributed by atoms with E-state index in [0.29, 0.717) is 12.3 Å². The molecule has 1 aromatic heterocycles. The molecule has 1 saturated heterocycles. The summed E-state index contributed by atoms with van der Waals surface area (Å²) < 4.78 is 0. The molecule has 1 fully saturated rings. The summed E-state index contributed by atoms with van der Waals surface area (Å²) in [6.07, 6.45) is 3.98. The second-order valence-electron chi connectivity index (χ2n) is 4.70. The molecular formula is C13H21N3OS. The third-order valence-electron chi connectivity index (χ3n) is 3.35. The number of nitrogens with one attached hydrogen (secondary N) is 1. The monoisotopic (exact) mass is 267 g/mol. The van der Waals surface area contributed by atoms with Crippen LogP contribution in [0.1, 0.15) is 29.8 Å². The Morgan fingerprint density at radius 1 is 1.44 bits per heavy atom. The van der Waals surface area contributed by atoms with Crippen molar-refractivity contribution in [1.82, 2.24) is 15.2 Å². The maximum Gasteiger partial charge on any atom is 0.223 e. The maximum absolute atomic E-state index is 11.8. The van der Waals surface area contributed by atoms with Crippen molar-refractivity contribution in [3.8, 4) is 0 Å². The van der Waals surface area contributed by atoms with Gasteiger partial charge in [0.15, 0.2) is 0 Å². The number of amides is 1. The Morgan fingerprint density at radius 3 is 2.89 bits per heavy atom. The molecule has 1 aliphatic heterocycles. The summed E-state index contributed by atoms with van der Waals surface area (Å²) in [6, 6.07) is 0. The third kappa shape index (κ3) is 3.78. The quantitative estimate of drug-likeness (QED) is 0.796. The van der Waals surface area contributed by atoms with E-state index in [4.69, 9.17) is 0 Å². The molecule has 0 atom stereocenters. The second kappa shape index (κ2) is 6.85. The van der Waals surface area contributed by atoms with Crippen LogP contribution in [0.25, 0.3) is 0 Å². The average molecular weight is 267 g/mol. The summed E-state index contributed by atoms with van der Waals surface area (Å²) in [6.45, 7) is 5.67. The van der Waals surface area contributed by atoms with Gasteiger partial charge in [-0.3, -0.25) is 4.79 Å². The van der Waals surface area contributed by atoms with Crippen LogP contribution in [0, 0.1) is 6.92 Å². The molecule has 0 saturated carbocycles. The minimum Gasteiger partial charge on any atom is -0.343 e. The van der Waals surface area contributed by atoms with Gasteiger partial charge in [0.05, 0.1) is 11.2 Å². The number of aromatic nitrogens is 1. The molecular weight excluding hydrogens is 246 g/mol. The fourth-order valence-electron chi connectivity index (χ4n) is 2.21. The largest absolute Gasteiger partial charge is 0.343 e. The van der Waals surface area contributed by atoms with Crippen LogP contribution in [0.4, 0.5) is 0 Å². The first-order chi connectivity index (χ1) is 8.77. The van der Waals surface area contributed by atoms with Crippen LogP contribution in [0.5, 0.6) is 0 Å². The predicted octanol–water partition coefficient (Wildman–Crippen LogP) is 1.60. The zero-order valence-corrected chi connectivity index (χ0v) is 11.8. The number of likely N-dealkylation sites (tertiary alicyclic amines) is 1. The first kappa shape index (κ1) is 13.5. The number of aryl methyl sites for hydroxylation is 1. The average Bonchev–Trinajstić information content (AvgIpc) is 3.00. The molecule has 0 radical (unpaired) electrons. The van der Waals surface area contributed by atoms with Crippen molar-refractivity contribution < 1.29 is 4.79 Å². The lowest BCUT2D eigenvalue weighted by atomic mass is 10.3. The molecule has 2 heterocycles. The van der Waals surface area contributed by atoms with Crippen LogP contribution >= 0.6 is 11.3 Å². The number of nitrogens with zero attached hydrogens (tertiary/aromatic N) is 2. The molecule has 100 valence electrons. The van der Waals surface area contributed by atoms with Crippen molar-refractivity contribution >= 4 is 17.2 Å². The van der Waals surface area contributed by atoms with Gasteiger partial charge in [-0.25, -0.2) is 4.98 Å². The highest BCUT2D eigenvalue weighted by molar-refractivity contribution is 7.09. The van der Waals surface area contributed by atoms with E-state index in [2.05, 4.69) is 10.3 Å². The first-order valence-corrected chi connectivity index (χ1v) is 7.53. The molecule has 4 nitrogen and oxygen atoms in total. The van der Waals surface area contributed by atoms with Gasteiger partial charge in [0.1, 0.15) is 0 Å². The summed E-state index contributed by atoms with van der Waals surface area (Å²) in [5.74, 6) is 0.300. The van der Waals surface area contributed by atoms with E-state index in [1.165, 1.54) is 17.7 Å². The van der Waals surface area contributed by atoms with Crippen molar-refractivity contribution in [3.63, 3.8) is 0 Å². The van der Waals surface area contributed by atoms with Gasteiger partial charge in [-0.2, -0.15) is 0 Å². The topological polar surface area (TPSA) is 45.2 Å². The van der Waals surface area contributed by atoms with Crippen LogP contribution in [0.15, 0.2) is 5.51 Å². The summed E-state index contributed by atoms with van der Waals surface area (Å²) in [7, 11) is 0. The van der Waals surface area contributed by atoms with Crippen LogP contribution in [-0.2, 0) is 11.2 Å². The summed E-state index contributed by atoms with van der Waals surface area (Å²) >= 11 is 1.71. The lowest BCUT2D eigenvalue weighted by molar-refractivity contribution is -0.130. The molecule has 0 aliphatic carbocycles. The summed E-state index contributed by atoms with van der Waals surface area (Å²) in [4.78, 5) is 19.3. The van der Waals surface area contributed by atoms with Gasteiger partial charge in [-0.05, 0) is 26.2 Å². The van der Waals surface area contributed by atoms with Gasteiger partial charge in [0.2, 0.25) is 5.91 Å². The zero-order chi connectivity index (χ0) is 12.8. The van der Waals surface area contributed by atoms with Crippen molar-refractivity contribution in [2.75, 3.05) is 26.2 Å². The molecule has 1 aliphatic rings.